The summed E-state index contributed by atoms with van der Waals surface area (Å²) in [5.41, 5.74) is 8.37. The highest BCUT2D eigenvalue weighted by molar-refractivity contribution is 7.98. The number of aliphatic hydroxyl groups excluding tert-OH is 1. The van der Waals surface area contributed by atoms with Crippen LogP contribution in [0.5, 0.6) is 0 Å². The molecular formula is C18H20N10O3S2. The number of nitrogens with zero attached hydrogens (tertiary/aromatic N) is 4. The average Bonchev–Trinajstić information content (AvgIpc) is 3.51. The Morgan fingerprint density at radius 2 is 2.03 bits per heavy atom. The van der Waals surface area contributed by atoms with Gasteiger partial charge < -0.3 is 21.1 Å². The van der Waals surface area contributed by atoms with Gasteiger partial charge in [-0.05, 0) is 34.9 Å². The number of benzene rings is 2. The fourth-order valence-corrected chi connectivity index (χ4v) is 5.99. The Morgan fingerprint density at radius 3 is 2.73 bits per heavy atom. The standard InChI is InChI=1S/C18H20N10O3S2/c19-18-22-10-3-1-2-9(15(10)23-18)8-4-5-13(32-26-11-6-21-7-12(11)29)16(33(20,30)31)14(8)17-24-27-28-25-17/h1-5,11-12,21,26,29H,6-7H2,(H3,19,22,23)(H2,20,30,31)(H,24,25,27,28)/t11-,12-/m1/s1. The van der Waals surface area contributed by atoms with Crippen molar-refractivity contribution in [2.24, 2.45) is 5.14 Å². The van der Waals surface area contributed by atoms with Gasteiger partial charge >= 0.3 is 0 Å². The average molecular weight is 489 g/mol. The van der Waals surface area contributed by atoms with Crippen molar-refractivity contribution in [3.05, 3.63) is 30.3 Å². The van der Waals surface area contributed by atoms with E-state index in [0.29, 0.717) is 40.1 Å². The van der Waals surface area contributed by atoms with Crippen LogP contribution in [0.3, 0.4) is 0 Å². The molecule has 0 amide bonds. The van der Waals surface area contributed by atoms with E-state index in [1.54, 1.807) is 24.3 Å². The summed E-state index contributed by atoms with van der Waals surface area (Å²) < 4.78 is 28.8. The van der Waals surface area contributed by atoms with Gasteiger partial charge in [0.05, 0.1) is 28.7 Å². The number of para-hydroxylation sites is 1. The minimum atomic E-state index is -4.24. The molecule has 1 aliphatic heterocycles. The molecule has 0 bridgehead atoms. The molecule has 1 saturated heterocycles. The molecule has 0 saturated carbocycles. The second-order valence-electron chi connectivity index (χ2n) is 7.47. The maximum atomic E-state index is 12.8. The molecule has 33 heavy (non-hydrogen) atoms. The monoisotopic (exact) mass is 488 g/mol. The number of imidazole rings is 1. The van der Waals surface area contributed by atoms with Crippen LogP contribution in [0.1, 0.15) is 0 Å². The van der Waals surface area contributed by atoms with Gasteiger partial charge in [-0.3, -0.25) is 4.72 Å². The Hall–Kier alpha value is -3.08. The molecule has 0 radical (unpaired) electrons. The number of nitrogen functional groups attached to an aromatic ring is 1. The van der Waals surface area contributed by atoms with Gasteiger partial charge in [0.1, 0.15) is 4.90 Å². The second kappa shape index (κ2) is 8.36. The fourth-order valence-electron chi connectivity index (χ4n) is 3.83. The van der Waals surface area contributed by atoms with Crippen LogP contribution < -0.4 is 20.9 Å². The van der Waals surface area contributed by atoms with Crippen LogP contribution >= 0.6 is 11.9 Å². The molecule has 5 rings (SSSR count). The second-order valence-corrected chi connectivity index (χ2v) is 9.85. The molecule has 2 atom stereocenters. The molecule has 1 fully saturated rings. The molecule has 0 spiro atoms. The van der Waals surface area contributed by atoms with Gasteiger partial charge in [0.25, 0.3) is 0 Å². The SMILES string of the molecule is Nc1nc2c(-c3ccc(SN[C@@H]4CNC[C@H]4O)c(S(N)(=O)=O)c3-c3nn[nH]n3)cccc2[nH]1. The van der Waals surface area contributed by atoms with E-state index in [1.807, 2.05) is 6.07 Å². The van der Waals surface area contributed by atoms with Gasteiger partial charge in [0.2, 0.25) is 15.8 Å². The number of β-amino-alcohol motifs (C(OH)–C–C–N with tert-alkyl or cyclic N) is 1. The number of nitrogens with two attached hydrogens (primary N) is 2. The highest BCUT2D eigenvalue weighted by atomic mass is 32.2. The summed E-state index contributed by atoms with van der Waals surface area (Å²) in [5, 5.41) is 32.8. The van der Waals surface area contributed by atoms with Gasteiger partial charge in [-0.1, -0.05) is 18.2 Å². The number of aromatic nitrogens is 6. The first-order chi connectivity index (χ1) is 15.8. The first kappa shape index (κ1) is 21.7. The number of aliphatic hydroxyl groups is 1. The molecule has 2 aromatic carbocycles. The summed E-state index contributed by atoms with van der Waals surface area (Å²) in [6, 6.07) is 8.52. The number of fused-ring (bicyclic) bond motifs is 1. The highest BCUT2D eigenvalue weighted by Crippen LogP contribution is 2.41. The molecular weight excluding hydrogens is 468 g/mol. The minimum absolute atomic E-state index is 0.0551. The van der Waals surface area contributed by atoms with Gasteiger partial charge in [-0.2, -0.15) is 5.21 Å². The molecule has 172 valence electrons. The summed E-state index contributed by atoms with van der Waals surface area (Å²) in [5.74, 6) is 0.282. The van der Waals surface area contributed by atoms with Gasteiger partial charge in [0.15, 0.2) is 5.95 Å². The lowest BCUT2D eigenvalue weighted by Gasteiger charge is -2.18. The van der Waals surface area contributed by atoms with Crippen LogP contribution in [0.2, 0.25) is 0 Å². The number of hydrogen-bond acceptors (Lipinski definition) is 11. The Bertz CT molecular complexity index is 1420. The lowest BCUT2D eigenvalue weighted by Crippen LogP contribution is -2.34. The molecule has 13 nitrogen and oxygen atoms in total. The number of nitrogens with one attached hydrogen (secondary N) is 4. The molecule has 0 aliphatic carbocycles. The van der Waals surface area contributed by atoms with E-state index < -0.39 is 16.1 Å². The summed E-state index contributed by atoms with van der Waals surface area (Å²) in [7, 11) is -4.24. The number of aromatic amines is 2. The summed E-state index contributed by atoms with van der Waals surface area (Å²) in [6.45, 7) is 0.987. The first-order valence-corrected chi connectivity index (χ1v) is 12.2. The highest BCUT2D eigenvalue weighted by Gasteiger charge is 2.30. The number of sulfonamides is 1. The summed E-state index contributed by atoms with van der Waals surface area (Å²) in [6.07, 6.45) is -0.603. The Kier molecular flexibility index (Phi) is 5.51. The molecule has 2 aromatic heterocycles. The van der Waals surface area contributed by atoms with Crippen LogP contribution in [0, 0.1) is 0 Å². The number of tetrazole rings is 1. The normalized spacial score (nSPS) is 18.8. The van der Waals surface area contributed by atoms with Gasteiger partial charge in [-0.25, -0.2) is 18.5 Å². The molecule has 0 unspecified atom stereocenters. The van der Waals surface area contributed by atoms with Crippen LogP contribution in [0.25, 0.3) is 33.5 Å². The number of anilines is 1. The predicted octanol–water partition coefficient (Wildman–Crippen LogP) is -0.431. The zero-order valence-electron chi connectivity index (χ0n) is 17.0. The Labute approximate surface area is 191 Å². The van der Waals surface area contributed by atoms with Crippen molar-refractivity contribution >= 4 is 39.0 Å². The summed E-state index contributed by atoms with van der Waals surface area (Å²) >= 11 is 1.06. The molecule has 9 N–H and O–H groups in total. The Balaban J connectivity index is 1.72. The molecule has 4 aromatic rings. The maximum Gasteiger partial charge on any atom is 0.239 e. The first-order valence-electron chi connectivity index (χ1n) is 9.82. The Morgan fingerprint density at radius 1 is 1.18 bits per heavy atom. The van der Waals surface area contributed by atoms with Crippen molar-refractivity contribution in [3.63, 3.8) is 0 Å². The molecule has 1 aliphatic rings. The van der Waals surface area contributed by atoms with Crippen LogP contribution in [-0.4, -0.2) is 69.4 Å². The van der Waals surface area contributed by atoms with Crippen molar-refractivity contribution in [1.29, 1.82) is 0 Å². The van der Waals surface area contributed by atoms with Crippen molar-refractivity contribution in [3.8, 4) is 22.5 Å². The zero-order valence-corrected chi connectivity index (χ0v) is 18.6. The number of H-pyrrole nitrogens is 2. The largest absolute Gasteiger partial charge is 0.390 e. The quantitative estimate of drug-likeness (QED) is 0.173. The van der Waals surface area contributed by atoms with E-state index in [1.165, 1.54) is 0 Å². The zero-order chi connectivity index (χ0) is 23.2. The molecule has 3 heterocycles. The lowest BCUT2D eigenvalue weighted by molar-refractivity contribution is 0.174. The minimum Gasteiger partial charge on any atom is -0.390 e. The van der Waals surface area contributed by atoms with E-state index in [4.69, 9.17) is 10.9 Å². The maximum absolute atomic E-state index is 12.8. The smallest absolute Gasteiger partial charge is 0.239 e. The van der Waals surface area contributed by atoms with Gasteiger partial charge in [0, 0.05) is 23.5 Å². The van der Waals surface area contributed by atoms with Crippen molar-refractivity contribution < 1.29 is 13.5 Å². The van der Waals surface area contributed by atoms with Crippen LogP contribution in [0.15, 0.2) is 40.1 Å². The van der Waals surface area contributed by atoms with Gasteiger partial charge in [-0.15, -0.1) is 10.2 Å². The van der Waals surface area contributed by atoms with Crippen LogP contribution in [-0.2, 0) is 10.0 Å². The number of primary sulfonamides is 1. The number of hydrogen-bond donors (Lipinski definition) is 7. The summed E-state index contributed by atoms with van der Waals surface area (Å²) in [4.78, 5) is 7.47. The van der Waals surface area contributed by atoms with Crippen LogP contribution in [0.4, 0.5) is 5.95 Å². The van der Waals surface area contributed by atoms with E-state index in [2.05, 4.69) is 40.6 Å². The van der Waals surface area contributed by atoms with Crippen molar-refractivity contribution in [2.75, 3.05) is 18.8 Å². The van der Waals surface area contributed by atoms with E-state index >= 15 is 0 Å². The van der Waals surface area contributed by atoms with E-state index in [-0.39, 0.29) is 28.3 Å². The third-order valence-electron chi connectivity index (χ3n) is 5.30. The van der Waals surface area contributed by atoms with E-state index in [9.17, 15) is 13.5 Å². The van der Waals surface area contributed by atoms with Crippen molar-refractivity contribution in [1.82, 2.24) is 40.6 Å². The predicted molar refractivity (Wildman–Crippen MR) is 122 cm³/mol. The third kappa shape index (κ3) is 4.05. The third-order valence-corrected chi connectivity index (χ3v) is 7.40. The van der Waals surface area contributed by atoms with Crippen molar-refractivity contribution in [2.45, 2.75) is 21.9 Å². The van der Waals surface area contributed by atoms with E-state index in [0.717, 1.165) is 11.9 Å². The number of rotatable bonds is 6. The topological polar surface area (TPSA) is 214 Å². The lowest BCUT2D eigenvalue weighted by atomic mass is 9.98. The fraction of sp³-hybridized carbons (Fsp3) is 0.222. The molecule has 15 heteroatoms.